The quantitative estimate of drug-likeness (QED) is 0.796. The molecule has 0 aliphatic heterocycles. The molecule has 84 valence electrons. The van der Waals surface area contributed by atoms with Crippen molar-refractivity contribution in [3.8, 4) is 0 Å². The Morgan fingerprint density at radius 2 is 2.06 bits per heavy atom. The van der Waals surface area contributed by atoms with E-state index in [9.17, 15) is 0 Å². The second-order valence-electron chi connectivity index (χ2n) is 3.27. The highest BCUT2D eigenvalue weighted by Crippen LogP contribution is 2.16. The molecule has 0 spiro atoms. The molecule has 2 aromatic heterocycles. The van der Waals surface area contributed by atoms with Crippen molar-refractivity contribution in [2.45, 2.75) is 11.7 Å². The van der Waals surface area contributed by atoms with Crippen molar-refractivity contribution in [3.05, 3.63) is 42.5 Å². The lowest BCUT2D eigenvalue weighted by Crippen LogP contribution is -2.01. The molecule has 0 aliphatic rings. The van der Waals surface area contributed by atoms with E-state index in [1.807, 2.05) is 18.3 Å². The van der Waals surface area contributed by atoms with Gasteiger partial charge in [0.1, 0.15) is 0 Å². The number of rotatable bonds is 5. The molecule has 1 N–H and O–H groups in total. The normalized spacial score (nSPS) is 10.6. The van der Waals surface area contributed by atoms with Crippen LogP contribution in [0.4, 0.5) is 0 Å². The first-order chi connectivity index (χ1) is 7.90. The highest BCUT2D eigenvalue weighted by molar-refractivity contribution is 7.99. The van der Waals surface area contributed by atoms with Crippen LogP contribution >= 0.6 is 11.8 Å². The molecule has 0 amide bonds. The molecule has 0 saturated heterocycles. The number of hydrogen-bond donors (Lipinski definition) is 1. The average Bonchev–Trinajstić information content (AvgIpc) is 2.75. The highest BCUT2D eigenvalue weighted by atomic mass is 32.2. The van der Waals surface area contributed by atoms with Gasteiger partial charge in [0.15, 0.2) is 5.16 Å². The molecular formula is C11H13N3OS. The summed E-state index contributed by atoms with van der Waals surface area (Å²) in [5, 5.41) is 9.72. The number of aromatic nitrogens is 3. The van der Waals surface area contributed by atoms with Crippen LogP contribution in [0.3, 0.4) is 0 Å². The molecule has 0 radical (unpaired) electrons. The van der Waals surface area contributed by atoms with Gasteiger partial charge in [-0.05, 0) is 17.7 Å². The Morgan fingerprint density at radius 1 is 1.25 bits per heavy atom. The first-order valence-corrected chi connectivity index (χ1v) is 6.02. The fourth-order valence-electron chi connectivity index (χ4n) is 1.38. The maximum absolute atomic E-state index is 8.78. The summed E-state index contributed by atoms with van der Waals surface area (Å²) >= 11 is 1.56. The molecule has 5 heteroatoms. The van der Waals surface area contributed by atoms with Gasteiger partial charge in [0.25, 0.3) is 0 Å². The van der Waals surface area contributed by atoms with Crippen molar-refractivity contribution in [2.75, 3.05) is 12.4 Å². The lowest BCUT2D eigenvalue weighted by Gasteiger charge is -2.06. The minimum Gasteiger partial charge on any atom is -0.396 e. The van der Waals surface area contributed by atoms with E-state index in [1.165, 1.54) is 5.56 Å². The summed E-state index contributed by atoms with van der Waals surface area (Å²) in [6.45, 7) is 0.961. The predicted molar refractivity (Wildman–Crippen MR) is 63.4 cm³/mol. The van der Waals surface area contributed by atoms with E-state index in [0.717, 1.165) is 11.7 Å². The fraction of sp³-hybridized carbons (Fsp3) is 0.273. The van der Waals surface area contributed by atoms with Gasteiger partial charge in [-0.1, -0.05) is 11.8 Å². The number of nitrogens with zero attached hydrogens (tertiary/aromatic N) is 3. The lowest BCUT2D eigenvalue weighted by molar-refractivity contribution is 0.322. The third-order valence-electron chi connectivity index (χ3n) is 2.10. The molecule has 0 saturated carbocycles. The SMILES string of the molecule is OCCSc1nccn1Cc1ccncc1. The summed E-state index contributed by atoms with van der Waals surface area (Å²) in [4.78, 5) is 8.23. The van der Waals surface area contributed by atoms with Gasteiger partial charge in [0.05, 0.1) is 6.61 Å². The van der Waals surface area contributed by atoms with Gasteiger partial charge in [0.2, 0.25) is 0 Å². The van der Waals surface area contributed by atoms with Crippen LogP contribution in [0.25, 0.3) is 0 Å². The largest absolute Gasteiger partial charge is 0.396 e. The number of thioether (sulfide) groups is 1. The molecule has 0 aromatic carbocycles. The molecule has 2 rings (SSSR count). The zero-order valence-corrected chi connectivity index (χ0v) is 9.60. The third-order valence-corrected chi connectivity index (χ3v) is 3.09. The zero-order valence-electron chi connectivity index (χ0n) is 8.78. The average molecular weight is 235 g/mol. The minimum absolute atomic E-state index is 0.173. The monoisotopic (exact) mass is 235 g/mol. The Kier molecular flexibility index (Phi) is 3.96. The first-order valence-electron chi connectivity index (χ1n) is 5.04. The molecule has 4 nitrogen and oxygen atoms in total. The summed E-state index contributed by atoms with van der Waals surface area (Å²) in [6.07, 6.45) is 7.29. The van der Waals surface area contributed by atoms with E-state index < -0.39 is 0 Å². The second kappa shape index (κ2) is 5.67. The van der Waals surface area contributed by atoms with E-state index in [0.29, 0.717) is 5.75 Å². The standard InChI is InChI=1S/C11H13N3OS/c15-7-8-16-11-13-5-6-14(11)9-10-1-3-12-4-2-10/h1-6,15H,7-9H2. The maximum Gasteiger partial charge on any atom is 0.168 e. The third kappa shape index (κ3) is 2.84. The smallest absolute Gasteiger partial charge is 0.168 e. The molecular weight excluding hydrogens is 222 g/mol. The van der Waals surface area contributed by atoms with Crippen LogP contribution in [0.2, 0.25) is 0 Å². The number of hydrogen-bond acceptors (Lipinski definition) is 4. The lowest BCUT2D eigenvalue weighted by atomic mass is 10.3. The molecule has 0 bridgehead atoms. The van der Waals surface area contributed by atoms with E-state index >= 15 is 0 Å². The first kappa shape index (κ1) is 11.2. The van der Waals surface area contributed by atoms with Crippen LogP contribution < -0.4 is 0 Å². The summed E-state index contributed by atoms with van der Waals surface area (Å²) in [7, 11) is 0. The van der Waals surface area contributed by atoms with Crippen LogP contribution in [-0.2, 0) is 6.54 Å². The number of pyridine rings is 1. The summed E-state index contributed by atoms with van der Waals surface area (Å²) in [5.41, 5.74) is 1.19. The number of aliphatic hydroxyl groups excluding tert-OH is 1. The van der Waals surface area contributed by atoms with Crippen molar-refractivity contribution in [1.82, 2.24) is 14.5 Å². The molecule has 0 aliphatic carbocycles. The van der Waals surface area contributed by atoms with Crippen molar-refractivity contribution in [1.29, 1.82) is 0 Å². The Hall–Kier alpha value is -1.33. The Labute approximate surface area is 98.4 Å². The van der Waals surface area contributed by atoms with Crippen LogP contribution in [0, 0.1) is 0 Å². The number of aliphatic hydroxyl groups is 1. The second-order valence-corrected chi connectivity index (χ2v) is 4.33. The van der Waals surface area contributed by atoms with Crippen LogP contribution in [0.1, 0.15) is 5.56 Å². The Morgan fingerprint density at radius 3 is 2.81 bits per heavy atom. The Bertz CT molecular complexity index is 430. The molecule has 16 heavy (non-hydrogen) atoms. The van der Waals surface area contributed by atoms with Crippen molar-refractivity contribution in [3.63, 3.8) is 0 Å². The summed E-state index contributed by atoms with van der Waals surface area (Å²) in [5.74, 6) is 0.674. The summed E-state index contributed by atoms with van der Waals surface area (Å²) in [6, 6.07) is 3.97. The van der Waals surface area contributed by atoms with Crippen LogP contribution in [0.15, 0.2) is 42.1 Å². The van der Waals surface area contributed by atoms with Gasteiger partial charge in [0, 0.05) is 37.1 Å². The van der Waals surface area contributed by atoms with E-state index in [1.54, 1.807) is 30.4 Å². The van der Waals surface area contributed by atoms with Crippen molar-refractivity contribution >= 4 is 11.8 Å². The minimum atomic E-state index is 0.173. The van der Waals surface area contributed by atoms with Crippen LogP contribution in [-0.4, -0.2) is 32.0 Å². The van der Waals surface area contributed by atoms with E-state index in [2.05, 4.69) is 14.5 Å². The predicted octanol–water partition coefficient (Wildman–Crippen LogP) is 1.41. The summed E-state index contributed by atoms with van der Waals surface area (Å²) < 4.78 is 2.07. The maximum atomic E-state index is 8.78. The highest BCUT2D eigenvalue weighted by Gasteiger charge is 2.03. The van der Waals surface area contributed by atoms with Crippen LogP contribution in [0.5, 0.6) is 0 Å². The molecule has 0 atom stereocenters. The topological polar surface area (TPSA) is 50.9 Å². The van der Waals surface area contributed by atoms with Gasteiger partial charge in [-0.15, -0.1) is 0 Å². The van der Waals surface area contributed by atoms with E-state index in [4.69, 9.17) is 5.11 Å². The van der Waals surface area contributed by atoms with Gasteiger partial charge in [-0.3, -0.25) is 4.98 Å². The van der Waals surface area contributed by atoms with Gasteiger partial charge < -0.3 is 9.67 Å². The Balaban J connectivity index is 2.07. The molecule has 0 fully saturated rings. The van der Waals surface area contributed by atoms with Crippen molar-refractivity contribution in [2.24, 2.45) is 0 Å². The van der Waals surface area contributed by atoms with Gasteiger partial charge in [-0.2, -0.15) is 0 Å². The molecule has 2 aromatic rings. The zero-order chi connectivity index (χ0) is 11.2. The number of imidazole rings is 1. The van der Waals surface area contributed by atoms with Crippen molar-refractivity contribution < 1.29 is 5.11 Å². The fourth-order valence-corrected chi connectivity index (χ4v) is 2.08. The van der Waals surface area contributed by atoms with Gasteiger partial charge in [-0.25, -0.2) is 4.98 Å². The molecule has 2 heterocycles. The van der Waals surface area contributed by atoms with Gasteiger partial charge >= 0.3 is 0 Å². The molecule has 0 unspecified atom stereocenters. The van der Waals surface area contributed by atoms with E-state index in [-0.39, 0.29) is 6.61 Å².